The highest BCUT2D eigenvalue weighted by Gasteiger charge is 2.26. The van der Waals surface area contributed by atoms with E-state index < -0.39 is 13.7 Å². The van der Waals surface area contributed by atoms with Gasteiger partial charge in [-0.2, -0.15) is 0 Å². The van der Waals surface area contributed by atoms with E-state index in [9.17, 15) is 9.36 Å². The monoisotopic (exact) mass is 441 g/mol. The van der Waals surface area contributed by atoms with Crippen molar-refractivity contribution < 1.29 is 27.9 Å². The highest BCUT2D eigenvalue weighted by atomic mass is 31.2. The van der Waals surface area contributed by atoms with Gasteiger partial charge in [0.15, 0.2) is 0 Å². The van der Waals surface area contributed by atoms with E-state index >= 15 is 0 Å². The Morgan fingerprint density at radius 3 is 2.60 bits per heavy atom. The first kappa shape index (κ1) is 24.4. The van der Waals surface area contributed by atoms with E-state index in [2.05, 4.69) is 9.99 Å². The molecule has 0 radical (unpaired) electrons. The molecule has 2 aromatic rings. The number of likely N-dealkylation sites (N-methyl/N-ethyl adjacent to an activating group) is 1. The van der Waals surface area contributed by atoms with Crippen LogP contribution in [0.1, 0.15) is 19.4 Å². The summed E-state index contributed by atoms with van der Waals surface area (Å²) in [6.45, 7) is 4.44. The molecule has 168 valence electrons. The van der Waals surface area contributed by atoms with E-state index in [0.29, 0.717) is 0 Å². The van der Waals surface area contributed by atoms with Gasteiger partial charge in [-0.25, -0.2) is 9.65 Å². The molecular weight excluding hydrogens is 409 g/mol. The van der Waals surface area contributed by atoms with Crippen LogP contribution in [-0.4, -0.2) is 62.9 Å². The molecule has 9 nitrogen and oxygen atoms in total. The fraction of sp³-hybridized carbons (Fsp3) is 0.550. The van der Waals surface area contributed by atoms with Gasteiger partial charge in [-0.15, -0.1) is 0 Å². The van der Waals surface area contributed by atoms with Gasteiger partial charge < -0.3 is 18.9 Å². The molecule has 0 fully saturated rings. The third kappa shape index (κ3) is 6.82. The van der Waals surface area contributed by atoms with Gasteiger partial charge in [-0.3, -0.25) is 13.8 Å². The summed E-state index contributed by atoms with van der Waals surface area (Å²) in [7, 11) is 1.97. The summed E-state index contributed by atoms with van der Waals surface area (Å²) in [5, 5.41) is 3.64. The first-order valence-corrected chi connectivity index (χ1v) is 11.5. The Morgan fingerprint density at radius 1 is 1.20 bits per heavy atom. The summed E-state index contributed by atoms with van der Waals surface area (Å²) in [6.07, 6.45) is 2.84. The van der Waals surface area contributed by atoms with Crippen molar-refractivity contribution >= 4 is 24.6 Å². The number of rotatable bonds is 13. The molecule has 0 aliphatic rings. The molecule has 0 spiro atoms. The van der Waals surface area contributed by atoms with Crippen LogP contribution in [-0.2, 0) is 36.3 Å². The van der Waals surface area contributed by atoms with Gasteiger partial charge in [0, 0.05) is 24.2 Å². The molecule has 1 aromatic carbocycles. The minimum Gasteiger partial charge on any atom is -0.497 e. The number of hydrogen-bond donors (Lipinski definition) is 1. The lowest BCUT2D eigenvalue weighted by Crippen LogP contribution is -2.24. The molecule has 2 rings (SSSR count). The second-order valence-electron chi connectivity index (χ2n) is 6.87. The zero-order valence-electron chi connectivity index (χ0n) is 18.3. The number of hydrogen-bond acceptors (Lipinski definition) is 7. The summed E-state index contributed by atoms with van der Waals surface area (Å²) in [5.41, 5.74) is 2.05. The molecule has 0 saturated carbocycles. The lowest BCUT2D eigenvalue weighted by Gasteiger charge is -2.19. The van der Waals surface area contributed by atoms with Gasteiger partial charge in [-0.1, -0.05) is 0 Å². The summed E-state index contributed by atoms with van der Waals surface area (Å²) in [5.74, 6) is 0.192. The quantitative estimate of drug-likeness (QED) is 0.375. The van der Waals surface area contributed by atoms with Crippen molar-refractivity contribution in [1.29, 1.82) is 0 Å². The van der Waals surface area contributed by atoms with Gasteiger partial charge in [0.1, 0.15) is 19.0 Å². The van der Waals surface area contributed by atoms with Crippen LogP contribution in [0.2, 0.25) is 0 Å². The zero-order chi connectivity index (χ0) is 22.1. The van der Waals surface area contributed by atoms with E-state index in [0.717, 1.165) is 35.2 Å². The number of aromatic nitrogens is 1. The van der Waals surface area contributed by atoms with Crippen LogP contribution in [0.15, 0.2) is 24.4 Å². The van der Waals surface area contributed by atoms with Gasteiger partial charge in [-0.05, 0) is 52.1 Å². The fourth-order valence-corrected chi connectivity index (χ4v) is 4.13. The number of carbonyl (C=O) groups excluding carboxylic acids is 1. The summed E-state index contributed by atoms with van der Waals surface area (Å²) >= 11 is 0. The van der Waals surface area contributed by atoms with Crippen molar-refractivity contribution in [3.8, 4) is 5.75 Å². The summed E-state index contributed by atoms with van der Waals surface area (Å²) in [6, 6.07) is 5.84. The smallest absolute Gasteiger partial charge is 0.407 e. The minimum absolute atomic E-state index is 0.0151. The Balaban J connectivity index is 2.22. The number of esters is 1. The van der Waals surface area contributed by atoms with Crippen LogP contribution >= 0.6 is 7.75 Å². The number of carbonyl (C=O) groups is 1. The van der Waals surface area contributed by atoms with Crippen molar-refractivity contribution in [2.75, 3.05) is 47.5 Å². The predicted molar refractivity (Wildman–Crippen MR) is 116 cm³/mol. The molecule has 10 heteroatoms. The molecule has 0 saturated heterocycles. The second-order valence-corrected chi connectivity index (χ2v) is 8.70. The first-order chi connectivity index (χ1) is 14.3. The lowest BCUT2D eigenvalue weighted by atomic mass is 10.1. The van der Waals surface area contributed by atoms with Crippen LogP contribution in [0, 0.1) is 0 Å². The van der Waals surface area contributed by atoms with E-state index in [1.54, 1.807) is 21.0 Å². The maximum absolute atomic E-state index is 13.0. The van der Waals surface area contributed by atoms with Crippen LogP contribution in [0.3, 0.4) is 0 Å². The number of methoxy groups -OCH3 is 1. The topological polar surface area (TPSA) is 91.3 Å². The molecule has 1 N–H and O–H groups in total. The number of fused-ring (bicyclic) bond motifs is 1. The van der Waals surface area contributed by atoms with Gasteiger partial charge in [0.05, 0.1) is 25.8 Å². The largest absolute Gasteiger partial charge is 0.497 e. The molecule has 30 heavy (non-hydrogen) atoms. The van der Waals surface area contributed by atoms with Crippen molar-refractivity contribution in [2.24, 2.45) is 0 Å². The van der Waals surface area contributed by atoms with Crippen molar-refractivity contribution in [2.45, 2.75) is 27.0 Å². The Hall–Kier alpha value is -1.90. The average molecular weight is 441 g/mol. The second kappa shape index (κ2) is 11.5. The number of nitrogens with zero attached hydrogens (tertiary/aromatic N) is 2. The molecular formula is C20H32N3O6P. The van der Waals surface area contributed by atoms with E-state index in [4.69, 9.17) is 18.5 Å². The van der Waals surface area contributed by atoms with Crippen LogP contribution in [0.4, 0.5) is 0 Å². The SMILES string of the molecule is CCOC(=O)CNP(=O)(OCC)OCn1cc(CCN(C)C)c2ccc(OC)cc21. The molecule has 0 aliphatic heterocycles. The third-order valence-corrected chi connectivity index (χ3v) is 5.99. The van der Waals surface area contributed by atoms with Crippen molar-refractivity contribution in [3.05, 3.63) is 30.0 Å². The molecule has 0 aliphatic carbocycles. The molecule has 1 aromatic heterocycles. The number of benzene rings is 1. The lowest BCUT2D eigenvalue weighted by molar-refractivity contribution is -0.141. The van der Waals surface area contributed by atoms with Gasteiger partial charge in [0.2, 0.25) is 0 Å². The molecule has 1 heterocycles. The Kier molecular flexibility index (Phi) is 9.33. The Morgan fingerprint density at radius 2 is 1.97 bits per heavy atom. The fourth-order valence-electron chi connectivity index (χ4n) is 2.93. The Labute approximate surface area is 177 Å². The maximum atomic E-state index is 13.0. The van der Waals surface area contributed by atoms with Crippen LogP contribution < -0.4 is 9.82 Å². The number of ether oxygens (including phenoxy) is 2. The molecule has 1 unspecified atom stereocenters. The Bertz CT molecular complexity index is 883. The van der Waals surface area contributed by atoms with Crippen LogP contribution in [0.25, 0.3) is 10.9 Å². The van der Waals surface area contributed by atoms with E-state index in [1.165, 1.54) is 0 Å². The molecule has 0 amide bonds. The van der Waals surface area contributed by atoms with E-state index in [-0.39, 0.29) is 26.5 Å². The average Bonchev–Trinajstić information content (AvgIpc) is 3.07. The normalized spacial score (nSPS) is 13.5. The number of nitrogens with one attached hydrogen (secondary N) is 1. The summed E-state index contributed by atoms with van der Waals surface area (Å²) in [4.78, 5) is 13.7. The van der Waals surface area contributed by atoms with Gasteiger partial charge in [0.25, 0.3) is 0 Å². The summed E-state index contributed by atoms with van der Waals surface area (Å²) < 4.78 is 36.0. The third-order valence-electron chi connectivity index (χ3n) is 4.39. The molecule has 1 atom stereocenters. The van der Waals surface area contributed by atoms with Crippen LogP contribution in [0.5, 0.6) is 5.75 Å². The highest BCUT2D eigenvalue weighted by molar-refractivity contribution is 7.51. The maximum Gasteiger partial charge on any atom is 0.407 e. The zero-order valence-corrected chi connectivity index (χ0v) is 19.2. The minimum atomic E-state index is -3.69. The molecule has 0 bridgehead atoms. The first-order valence-electron chi connectivity index (χ1n) is 9.92. The standard InChI is InChI=1S/C20H32N3O6P/c1-6-27-20(24)13-21-30(25,28-7-2)29-15-23-14-16(10-11-22(3)4)18-9-8-17(26-5)12-19(18)23/h8-9,12,14H,6-7,10-11,13,15H2,1-5H3,(H,21,25). The van der Waals surface area contributed by atoms with Crippen molar-refractivity contribution in [3.63, 3.8) is 0 Å². The van der Waals surface area contributed by atoms with E-state index in [1.807, 2.05) is 43.1 Å². The predicted octanol–water partition coefficient (Wildman–Crippen LogP) is 3.03. The highest BCUT2D eigenvalue weighted by Crippen LogP contribution is 2.44. The van der Waals surface area contributed by atoms with Crippen molar-refractivity contribution in [1.82, 2.24) is 14.6 Å². The van der Waals surface area contributed by atoms with Gasteiger partial charge >= 0.3 is 13.7 Å².